The first-order valence-electron chi connectivity index (χ1n) is 5.01. The quantitative estimate of drug-likeness (QED) is 0.662. The van der Waals surface area contributed by atoms with Gasteiger partial charge < -0.3 is 0 Å². The van der Waals surface area contributed by atoms with Gasteiger partial charge in [0.1, 0.15) is 0 Å². The van der Waals surface area contributed by atoms with Crippen molar-refractivity contribution in [1.82, 2.24) is 9.97 Å². The molecule has 2 rings (SSSR count). The number of fused-ring (bicyclic) bond motifs is 1. The topological polar surface area (TPSA) is 38.1 Å². The van der Waals surface area contributed by atoms with Crippen molar-refractivity contribution in [1.29, 1.82) is 0 Å². The normalized spacial score (nSPS) is 12.0. The van der Waals surface area contributed by atoms with E-state index in [1.54, 1.807) is 18.6 Å². The van der Waals surface area contributed by atoms with Crippen LogP contribution in [0.5, 0.6) is 0 Å². The minimum absolute atomic E-state index is 0.893. The maximum atomic E-state index is 4.34. The maximum Gasteiger partial charge on any atom is 0.0459 e. The van der Waals surface area contributed by atoms with E-state index in [1.807, 2.05) is 13.8 Å². The summed E-state index contributed by atoms with van der Waals surface area (Å²) in [5, 5.41) is 3.95. The molecule has 2 aromatic heterocycles. The molecule has 0 amide bonds. The van der Waals surface area contributed by atoms with Gasteiger partial charge in [0, 0.05) is 46.0 Å². The van der Waals surface area contributed by atoms with E-state index >= 15 is 0 Å². The number of nitrogens with zero attached hydrogens (tertiary/aromatic N) is 3. The second-order valence-corrected chi connectivity index (χ2v) is 3.73. The summed E-state index contributed by atoms with van der Waals surface area (Å²) in [7, 11) is 0. The molecule has 0 atom stereocenters. The molecule has 3 nitrogen and oxygen atoms in total. The fraction of sp³-hybridized carbons (Fsp3) is 0.154. The van der Waals surface area contributed by atoms with Gasteiger partial charge in [-0.1, -0.05) is 6.58 Å². The molecule has 0 saturated carbocycles. The van der Waals surface area contributed by atoms with Gasteiger partial charge >= 0.3 is 0 Å². The summed E-state index contributed by atoms with van der Waals surface area (Å²) in [4.78, 5) is 12.5. The highest BCUT2D eigenvalue weighted by atomic mass is 14.7. The number of pyridine rings is 2. The fourth-order valence-corrected chi connectivity index (χ4v) is 1.90. The Kier molecular flexibility index (Phi) is 2.52. The van der Waals surface area contributed by atoms with Crippen LogP contribution in [0.3, 0.4) is 0 Å². The van der Waals surface area contributed by atoms with Crippen LogP contribution in [0.2, 0.25) is 0 Å². The van der Waals surface area contributed by atoms with Crippen LogP contribution >= 0.6 is 0 Å². The Morgan fingerprint density at radius 2 is 1.75 bits per heavy atom. The molecule has 0 unspecified atom stereocenters. The Labute approximate surface area is 93.9 Å². The van der Waals surface area contributed by atoms with Gasteiger partial charge in [0.15, 0.2) is 0 Å². The fourth-order valence-electron chi connectivity index (χ4n) is 1.90. The summed E-state index contributed by atoms with van der Waals surface area (Å²) in [6, 6.07) is 0. The predicted octanol–water partition coefficient (Wildman–Crippen LogP) is 1.10. The van der Waals surface area contributed by atoms with Crippen molar-refractivity contribution < 1.29 is 0 Å². The molecule has 2 aromatic rings. The molecule has 0 N–H and O–H groups in total. The summed E-state index contributed by atoms with van der Waals surface area (Å²) in [5.74, 6) is 0. The lowest BCUT2D eigenvalue weighted by Gasteiger charge is -2.05. The monoisotopic (exact) mass is 211 g/mol. The summed E-state index contributed by atoms with van der Waals surface area (Å²) < 4.78 is 0. The van der Waals surface area contributed by atoms with Crippen molar-refractivity contribution in [3.63, 3.8) is 0 Å². The molecule has 0 bridgehead atoms. The molecule has 0 spiro atoms. The van der Waals surface area contributed by atoms with Crippen LogP contribution in [0.15, 0.2) is 17.4 Å². The Balaban J connectivity index is 3.16. The molecule has 0 aliphatic heterocycles. The highest BCUT2D eigenvalue weighted by Gasteiger charge is 2.04. The van der Waals surface area contributed by atoms with Crippen LogP contribution in [0.4, 0.5) is 0 Å². The molecule has 2 heterocycles. The second kappa shape index (κ2) is 3.85. The first kappa shape index (κ1) is 10.5. The van der Waals surface area contributed by atoms with E-state index < -0.39 is 0 Å². The minimum atomic E-state index is 0.893. The third-order valence-corrected chi connectivity index (χ3v) is 2.63. The zero-order chi connectivity index (χ0) is 11.7. The molecule has 3 heteroatoms. The third kappa shape index (κ3) is 1.50. The van der Waals surface area contributed by atoms with Crippen molar-refractivity contribution in [3.05, 3.63) is 34.2 Å². The largest absolute Gasteiger partial charge is 0.272 e. The van der Waals surface area contributed by atoms with Crippen LogP contribution < -0.4 is 10.4 Å². The molecule has 0 aromatic carbocycles. The zero-order valence-corrected chi connectivity index (χ0v) is 9.49. The van der Waals surface area contributed by atoms with Crippen molar-refractivity contribution in [3.8, 4) is 0 Å². The first-order chi connectivity index (χ1) is 7.65. The molecule has 0 aliphatic carbocycles. The maximum absolute atomic E-state index is 4.34. The predicted molar refractivity (Wildman–Crippen MR) is 67.8 cm³/mol. The molecule has 80 valence electrons. The van der Waals surface area contributed by atoms with Gasteiger partial charge in [-0.25, -0.2) is 0 Å². The van der Waals surface area contributed by atoms with Crippen LogP contribution in [-0.2, 0) is 0 Å². The second-order valence-electron chi connectivity index (χ2n) is 3.73. The lowest BCUT2D eigenvalue weighted by atomic mass is 10.1. The summed E-state index contributed by atoms with van der Waals surface area (Å²) in [5.41, 5.74) is 1.93. The standard InChI is InChI=1S/C13H13N3/c1-8-5-15-10(3)13-11(6-14-4)7-16-9(2)12(8)13/h5-7H,1,4H2,2-3H3/b11-6-. The number of aromatic nitrogens is 2. The number of rotatable bonds is 1. The number of hydrogen-bond donors (Lipinski definition) is 0. The Morgan fingerprint density at radius 3 is 2.44 bits per heavy atom. The molecular weight excluding hydrogens is 198 g/mol. The van der Waals surface area contributed by atoms with Crippen LogP contribution in [0.25, 0.3) is 23.6 Å². The average molecular weight is 211 g/mol. The summed E-state index contributed by atoms with van der Waals surface area (Å²) in [6.45, 7) is 11.4. The van der Waals surface area contributed by atoms with E-state index in [9.17, 15) is 0 Å². The highest BCUT2D eigenvalue weighted by molar-refractivity contribution is 5.87. The van der Waals surface area contributed by atoms with Gasteiger partial charge in [-0.2, -0.15) is 0 Å². The lowest BCUT2D eigenvalue weighted by Crippen LogP contribution is -2.14. The lowest BCUT2D eigenvalue weighted by molar-refractivity contribution is 1.17. The SMILES string of the molecule is C=N/C=c1/cnc(C)c2c(=C)cnc(C)c12. The Hall–Kier alpha value is -2.03. The molecule has 16 heavy (non-hydrogen) atoms. The van der Waals surface area contributed by atoms with Gasteiger partial charge in [0.2, 0.25) is 0 Å². The molecule has 0 fully saturated rings. The smallest absolute Gasteiger partial charge is 0.0459 e. The van der Waals surface area contributed by atoms with Crippen molar-refractivity contribution in [2.24, 2.45) is 4.99 Å². The number of aryl methyl sites for hydroxylation is 2. The number of aliphatic imine (C=N–C) groups is 1. The van der Waals surface area contributed by atoms with E-state index in [4.69, 9.17) is 0 Å². The van der Waals surface area contributed by atoms with Gasteiger partial charge in [0.05, 0.1) is 0 Å². The number of hydrogen-bond acceptors (Lipinski definition) is 3. The van der Waals surface area contributed by atoms with E-state index in [2.05, 4.69) is 28.3 Å². The first-order valence-corrected chi connectivity index (χ1v) is 5.01. The van der Waals surface area contributed by atoms with E-state index in [-0.39, 0.29) is 0 Å². The van der Waals surface area contributed by atoms with Crippen molar-refractivity contribution in [2.75, 3.05) is 0 Å². The van der Waals surface area contributed by atoms with Crippen LogP contribution in [0, 0.1) is 13.8 Å². The van der Waals surface area contributed by atoms with E-state index in [1.165, 1.54) is 0 Å². The van der Waals surface area contributed by atoms with Crippen LogP contribution in [0.1, 0.15) is 11.4 Å². The van der Waals surface area contributed by atoms with Gasteiger partial charge in [-0.05, 0) is 25.8 Å². The van der Waals surface area contributed by atoms with Crippen molar-refractivity contribution in [2.45, 2.75) is 13.8 Å². The third-order valence-electron chi connectivity index (χ3n) is 2.63. The Morgan fingerprint density at radius 1 is 1.12 bits per heavy atom. The summed E-state index contributed by atoms with van der Waals surface area (Å²) in [6.07, 6.45) is 5.26. The van der Waals surface area contributed by atoms with Crippen LogP contribution in [-0.4, -0.2) is 16.7 Å². The Bertz CT molecular complexity index is 672. The highest BCUT2D eigenvalue weighted by Crippen LogP contribution is 2.10. The zero-order valence-electron chi connectivity index (χ0n) is 9.49. The van der Waals surface area contributed by atoms with Gasteiger partial charge in [-0.3, -0.25) is 15.0 Å². The van der Waals surface area contributed by atoms with E-state index in [0.717, 1.165) is 32.6 Å². The van der Waals surface area contributed by atoms with Crippen molar-refractivity contribution >= 4 is 30.3 Å². The van der Waals surface area contributed by atoms with Gasteiger partial charge in [0.25, 0.3) is 0 Å². The molecule has 0 radical (unpaired) electrons. The van der Waals surface area contributed by atoms with E-state index in [0.29, 0.717) is 0 Å². The minimum Gasteiger partial charge on any atom is -0.272 e. The average Bonchev–Trinajstić information content (AvgIpc) is 2.26. The summed E-state index contributed by atoms with van der Waals surface area (Å²) >= 11 is 0. The van der Waals surface area contributed by atoms with Gasteiger partial charge in [-0.15, -0.1) is 0 Å². The molecule has 0 saturated heterocycles. The molecular formula is C13H13N3. The molecule has 0 aliphatic rings.